The molecule has 1 rings (SSSR count). The Labute approximate surface area is 65.1 Å². The molecule has 2 N–H and O–H groups in total. The fraction of sp³-hybridized carbons (Fsp3) is 0.125. The van der Waals surface area contributed by atoms with Gasteiger partial charge in [-0.3, -0.25) is 0 Å². The highest BCUT2D eigenvalue weighted by molar-refractivity contribution is 5.30. The third kappa shape index (κ3) is 4.79. The Morgan fingerprint density at radius 3 is 1.82 bits per heavy atom. The molecule has 0 aliphatic rings. The van der Waals surface area contributed by atoms with Crippen molar-refractivity contribution >= 4 is 0 Å². The summed E-state index contributed by atoms with van der Waals surface area (Å²) in [5.74, 6) is 0.176. The molecule has 0 bridgehead atoms. The highest BCUT2D eigenvalue weighted by Gasteiger charge is 1.85. The Bertz CT molecular complexity index is 235. The van der Waals surface area contributed by atoms with Crippen molar-refractivity contribution in [3.8, 4) is 17.6 Å². The van der Waals surface area contributed by atoms with E-state index in [2.05, 4.69) is 0 Å². The molecule has 0 aliphatic heterocycles. The number of benzene rings is 1. The van der Waals surface area contributed by atoms with Crippen LogP contribution in [-0.2, 0) is 0 Å². The molecular weight excluding hydrogens is 142 g/mol. The average Bonchev–Trinajstić information content (AvgIpc) is 1.88. The van der Waals surface area contributed by atoms with Crippen LogP contribution in [-0.4, -0.2) is 10.2 Å². The number of phenols is 2. The van der Waals surface area contributed by atoms with Gasteiger partial charge in [0.1, 0.15) is 11.5 Å². The third-order valence-electron chi connectivity index (χ3n) is 0.830. The van der Waals surface area contributed by atoms with E-state index >= 15 is 0 Å². The molecule has 1 aromatic rings. The number of aromatic hydroxyl groups is 2. The zero-order chi connectivity index (χ0) is 8.69. The second-order valence-electron chi connectivity index (χ2n) is 1.74. The Morgan fingerprint density at radius 2 is 1.64 bits per heavy atom. The number of phenolic OH excluding ortho intramolecular Hbond substituents is 2. The maximum atomic E-state index is 8.65. The summed E-state index contributed by atoms with van der Waals surface area (Å²) in [7, 11) is 0. The molecule has 0 spiro atoms. The van der Waals surface area contributed by atoms with Gasteiger partial charge in [-0.15, -0.1) is 0 Å². The molecule has 0 saturated carbocycles. The van der Waals surface area contributed by atoms with Crippen molar-refractivity contribution in [2.24, 2.45) is 0 Å². The van der Waals surface area contributed by atoms with Gasteiger partial charge in [-0.2, -0.15) is 5.26 Å². The van der Waals surface area contributed by atoms with Crippen LogP contribution in [0.15, 0.2) is 24.3 Å². The van der Waals surface area contributed by atoms with Crippen LogP contribution in [0.2, 0.25) is 0 Å². The highest BCUT2D eigenvalue weighted by atomic mass is 16.3. The fourth-order valence-electron chi connectivity index (χ4n) is 0.493. The minimum atomic E-state index is 0.0880. The van der Waals surface area contributed by atoms with Gasteiger partial charge in [-0.05, 0) is 12.1 Å². The molecule has 0 amide bonds. The van der Waals surface area contributed by atoms with Crippen LogP contribution in [0.3, 0.4) is 0 Å². The second kappa shape index (κ2) is 5.12. The van der Waals surface area contributed by atoms with Crippen LogP contribution in [0, 0.1) is 11.3 Å². The van der Waals surface area contributed by atoms with Gasteiger partial charge in [0.25, 0.3) is 0 Å². The molecular formula is C8H9NO2. The van der Waals surface area contributed by atoms with E-state index in [9.17, 15) is 0 Å². The van der Waals surface area contributed by atoms with Crippen molar-refractivity contribution in [3.05, 3.63) is 24.3 Å². The van der Waals surface area contributed by atoms with E-state index in [1.807, 2.05) is 0 Å². The van der Waals surface area contributed by atoms with Gasteiger partial charge in [0.2, 0.25) is 0 Å². The average molecular weight is 151 g/mol. The van der Waals surface area contributed by atoms with Crippen molar-refractivity contribution in [1.29, 1.82) is 5.26 Å². The first-order valence-corrected chi connectivity index (χ1v) is 2.99. The molecule has 0 atom stereocenters. The molecule has 0 aromatic heterocycles. The van der Waals surface area contributed by atoms with Crippen LogP contribution in [0.5, 0.6) is 11.5 Å². The van der Waals surface area contributed by atoms with Gasteiger partial charge in [0.15, 0.2) is 0 Å². The van der Waals surface area contributed by atoms with E-state index in [-0.39, 0.29) is 11.5 Å². The highest BCUT2D eigenvalue weighted by Crippen LogP contribution is 2.14. The van der Waals surface area contributed by atoms with Crippen LogP contribution in [0.25, 0.3) is 0 Å². The molecule has 1 aromatic carbocycles. The lowest BCUT2D eigenvalue weighted by molar-refractivity contribution is 0.450. The van der Waals surface area contributed by atoms with E-state index in [1.165, 1.54) is 25.1 Å². The lowest BCUT2D eigenvalue weighted by Gasteiger charge is -1.89. The predicted octanol–water partition coefficient (Wildman–Crippen LogP) is 1.63. The fourth-order valence-corrected chi connectivity index (χ4v) is 0.493. The number of rotatable bonds is 0. The Kier molecular flexibility index (Phi) is 4.34. The van der Waals surface area contributed by atoms with Crippen LogP contribution in [0.1, 0.15) is 6.92 Å². The van der Waals surface area contributed by atoms with Gasteiger partial charge in [-0.1, -0.05) is 6.07 Å². The van der Waals surface area contributed by atoms with Crippen molar-refractivity contribution in [1.82, 2.24) is 0 Å². The molecule has 3 nitrogen and oxygen atoms in total. The van der Waals surface area contributed by atoms with Crippen molar-refractivity contribution < 1.29 is 10.2 Å². The van der Waals surface area contributed by atoms with E-state index in [1.54, 1.807) is 12.1 Å². The van der Waals surface area contributed by atoms with Crippen molar-refractivity contribution in [2.75, 3.05) is 0 Å². The first kappa shape index (κ1) is 9.31. The quantitative estimate of drug-likeness (QED) is 0.592. The minimum Gasteiger partial charge on any atom is -0.508 e. The van der Waals surface area contributed by atoms with Crippen LogP contribution in [0.4, 0.5) is 0 Å². The number of nitrogens with zero attached hydrogens (tertiary/aromatic N) is 1. The molecule has 0 saturated heterocycles. The summed E-state index contributed by atoms with van der Waals surface area (Å²) in [5.41, 5.74) is 0. The Morgan fingerprint density at radius 1 is 1.27 bits per heavy atom. The third-order valence-corrected chi connectivity index (χ3v) is 0.830. The molecule has 0 radical (unpaired) electrons. The topological polar surface area (TPSA) is 64.2 Å². The normalized spacial score (nSPS) is 7.27. The lowest BCUT2D eigenvalue weighted by Crippen LogP contribution is -1.61. The molecule has 0 fully saturated rings. The summed E-state index contributed by atoms with van der Waals surface area (Å²) in [6.07, 6.45) is 0. The maximum absolute atomic E-state index is 8.65. The summed E-state index contributed by atoms with van der Waals surface area (Å²) in [5, 5.41) is 24.6. The minimum absolute atomic E-state index is 0.0880. The van der Waals surface area contributed by atoms with Gasteiger partial charge in [-0.25, -0.2) is 0 Å². The summed E-state index contributed by atoms with van der Waals surface area (Å²) in [4.78, 5) is 0. The van der Waals surface area contributed by atoms with E-state index in [4.69, 9.17) is 15.5 Å². The SMILES string of the molecule is CC#N.Oc1cccc(O)c1. The first-order valence-electron chi connectivity index (χ1n) is 2.99. The summed E-state index contributed by atoms with van der Waals surface area (Å²) < 4.78 is 0. The van der Waals surface area contributed by atoms with Crippen LogP contribution < -0.4 is 0 Å². The molecule has 11 heavy (non-hydrogen) atoms. The van der Waals surface area contributed by atoms with E-state index in [0.29, 0.717) is 0 Å². The zero-order valence-corrected chi connectivity index (χ0v) is 6.15. The maximum Gasteiger partial charge on any atom is 0.119 e. The second-order valence-corrected chi connectivity index (χ2v) is 1.74. The standard InChI is InChI=1S/C6H6O2.C2H3N/c7-5-2-1-3-6(8)4-5;1-2-3/h1-4,7-8H;1H3. The number of nitriles is 1. The Balaban J connectivity index is 0.000000292. The van der Waals surface area contributed by atoms with Gasteiger partial charge < -0.3 is 10.2 Å². The monoisotopic (exact) mass is 151 g/mol. The first-order chi connectivity index (χ1) is 5.20. The van der Waals surface area contributed by atoms with Gasteiger partial charge >= 0.3 is 0 Å². The molecule has 58 valence electrons. The summed E-state index contributed by atoms with van der Waals surface area (Å²) >= 11 is 0. The van der Waals surface area contributed by atoms with E-state index in [0.717, 1.165) is 0 Å². The molecule has 0 heterocycles. The lowest BCUT2D eigenvalue weighted by atomic mass is 10.3. The smallest absolute Gasteiger partial charge is 0.119 e. The summed E-state index contributed by atoms with van der Waals surface area (Å²) in [6, 6.07) is 7.60. The van der Waals surface area contributed by atoms with Gasteiger partial charge in [0, 0.05) is 13.0 Å². The van der Waals surface area contributed by atoms with Crippen LogP contribution >= 0.6 is 0 Å². The van der Waals surface area contributed by atoms with Crippen molar-refractivity contribution in [3.63, 3.8) is 0 Å². The zero-order valence-electron chi connectivity index (χ0n) is 6.15. The Hall–Kier alpha value is -1.69. The summed E-state index contributed by atoms with van der Waals surface area (Å²) in [6.45, 7) is 1.43. The number of hydrogen-bond donors (Lipinski definition) is 2. The molecule has 0 aliphatic carbocycles. The number of hydrogen-bond acceptors (Lipinski definition) is 3. The van der Waals surface area contributed by atoms with E-state index < -0.39 is 0 Å². The molecule has 3 heteroatoms. The van der Waals surface area contributed by atoms with Crippen molar-refractivity contribution in [2.45, 2.75) is 6.92 Å². The largest absolute Gasteiger partial charge is 0.508 e. The van der Waals surface area contributed by atoms with Gasteiger partial charge in [0.05, 0.1) is 6.07 Å². The molecule has 0 unspecified atom stereocenters. The predicted molar refractivity (Wildman–Crippen MR) is 41.1 cm³/mol.